The number of nitrogens with two attached hydrogens (primary N) is 1. The van der Waals surface area contributed by atoms with Gasteiger partial charge in [0.15, 0.2) is 0 Å². The molecule has 0 saturated carbocycles. The molecule has 0 fully saturated rings. The number of rotatable bonds is 1. The minimum Gasteiger partial charge on any atom is -0.508 e. The van der Waals surface area contributed by atoms with Gasteiger partial charge >= 0.3 is 0 Å². The van der Waals surface area contributed by atoms with Crippen LogP contribution < -0.4 is 11.1 Å². The Hall–Kier alpha value is -3.54. The van der Waals surface area contributed by atoms with Gasteiger partial charge in [0, 0.05) is 23.0 Å². The second-order valence-electron chi connectivity index (χ2n) is 6.55. The molecule has 4 N–H and O–H groups in total. The van der Waals surface area contributed by atoms with E-state index in [2.05, 4.69) is 15.4 Å². The Labute approximate surface area is 149 Å². The smallest absolute Gasteiger partial charge is 0.238 e. The molecule has 0 bridgehead atoms. The molecule has 26 heavy (non-hydrogen) atoms. The summed E-state index contributed by atoms with van der Waals surface area (Å²) in [6, 6.07) is 15.5. The Morgan fingerprint density at radius 3 is 2.81 bits per heavy atom. The SMILES string of the molecule is Cc1cc(O)ccc1C1Nc2ccccc2-c2nc(N)nn3ccc1c23. The Balaban J connectivity index is 1.86. The zero-order chi connectivity index (χ0) is 17.8. The lowest BCUT2D eigenvalue weighted by atomic mass is 9.95. The predicted molar refractivity (Wildman–Crippen MR) is 101 cm³/mol. The lowest BCUT2D eigenvalue weighted by Crippen LogP contribution is -2.12. The molecular formula is C20H17N5O. The third-order valence-corrected chi connectivity index (χ3v) is 4.92. The van der Waals surface area contributed by atoms with E-state index in [1.807, 2.05) is 49.5 Å². The standard InChI is InChI=1S/C20H17N5O/c1-11-10-12(26)6-7-13(11)17-15-8-9-25-19(15)18(23-20(21)24-25)14-4-2-3-5-16(14)22-17/h2-10,17,22,26H,1H3,(H2,21,24). The van der Waals surface area contributed by atoms with Gasteiger partial charge in [-0.25, -0.2) is 9.50 Å². The maximum Gasteiger partial charge on any atom is 0.238 e. The number of hydrogen-bond donors (Lipinski definition) is 3. The molecule has 5 rings (SSSR count). The van der Waals surface area contributed by atoms with Crippen LogP contribution in [0.4, 0.5) is 11.6 Å². The van der Waals surface area contributed by atoms with Gasteiger partial charge in [-0.2, -0.15) is 0 Å². The van der Waals surface area contributed by atoms with Gasteiger partial charge in [0.25, 0.3) is 0 Å². The second kappa shape index (κ2) is 5.23. The van der Waals surface area contributed by atoms with Crippen LogP contribution in [0.2, 0.25) is 0 Å². The van der Waals surface area contributed by atoms with Crippen molar-refractivity contribution in [2.24, 2.45) is 0 Å². The van der Waals surface area contributed by atoms with Crippen molar-refractivity contribution in [2.45, 2.75) is 13.0 Å². The Kier molecular flexibility index (Phi) is 2.97. The summed E-state index contributed by atoms with van der Waals surface area (Å²) in [4.78, 5) is 4.54. The Morgan fingerprint density at radius 1 is 1.12 bits per heavy atom. The molecule has 4 aromatic rings. The summed E-state index contributed by atoms with van der Waals surface area (Å²) >= 11 is 0. The first-order chi connectivity index (χ1) is 12.6. The van der Waals surface area contributed by atoms with Gasteiger partial charge in [-0.15, -0.1) is 5.10 Å². The fraction of sp³-hybridized carbons (Fsp3) is 0.100. The molecule has 0 aliphatic carbocycles. The van der Waals surface area contributed by atoms with Gasteiger partial charge in [0.1, 0.15) is 11.4 Å². The summed E-state index contributed by atoms with van der Waals surface area (Å²) < 4.78 is 1.79. The van der Waals surface area contributed by atoms with E-state index >= 15 is 0 Å². The topological polar surface area (TPSA) is 88.5 Å². The molecule has 1 aliphatic heterocycles. The summed E-state index contributed by atoms with van der Waals surface area (Å²) in [5.74, 6) is 0.502. The molecule has 0 amide bonds. The monoisotopic (exact) mass is 343 g/mol. The molecule has 2 aromatic carbocycles. The molecule has 1 atom stereocenters. The van der Waals surface area contributed by atoms with Crippen LogP contribution in [0.3, 0.4) is 0 Å². The molecule has 0 spiro atoms. The number of para-hydroxylation sites is 1. The number of hydrogen-bond acceptors (Lipinski definition) is 5. The summed E-state index contributed by atoms with van der Waals surface area (Å²) in [7, 11) is 0. The van der Waals surface area contributed by atoms with E-state index in [1.165, 1.54) is 0 Å². The second-order valence-corrected chi connectivity index (χ2v) is 6.55. The van der Waals surface area contributed by atoms with Gasteiger partial charge in [0.2, 0.25) is 5.95 Å². The molecule has 3 heterocycles. The lowest BCUT2D eigenvalue weighted by molar-refractivity contribution is 0.474. The van der Waals surface area contributed by atoms with Crippen molar-refractivity contribution in [3.8, 4) is 17.0 Å². The number of aryl methyl sites for hydroxylation is 1. The number of nitrogens with zero attached hydrogens (tertiary/aromatic N) is 3. The van der Waals surface area contributed by atoms with Gasteiger partial charge in [-0.05, 0) is 42.3 Å². The van der Waals surface area contributed by atoms with Crippen molar-refractivity contribution < 1.29 is 5.11 Å². The van der Waals surface area contributed by atoms with E-state index in [0.717, 1.165) is 39.2 Å². The molecule has 0 saturated heterocycles. The number of aromatic nitrogens is 3. The highest BCUT2D eigenvalue weighted by Gasteiger charge is 2.27. The van der Waals surface area contributed by atoms with Crippen molar-refractivity contribution in [3.05, 3.63) is 71.4 Å². The molecule has 6 nitrogen and oxygen atoms in total. The van der Waals surface area contributed by atoms with Crippen molar-refractivity contribution in [1.82, 2.24) is 14.6 Å². The number of phenols is 1. The zero-order valence-corrected chi connectivity index (χ0v) is 14.1. The Bertz CT molecular complexity index is 1160. The summed E-state index contributed by atoms with van der Waals surface area (Å²) in [5, 5.41) is 17.8. The van der Waals surface area contributed by atoms with Crippen molar-refractivity contribution in [2.75, 3.05) is 11.1 Å². The molecule has 128 valence electrons. The first-order valence-corrected chi connectivity index (χ1v) is 8.42. The fourth-order valence-electron chi connectivity index (χ4n) is 3.76. The van der Waals surface area contributed by atoms with Crippen LogP contribution in [-0.2, 0) is 0 Å². The first-order valence-electron chi connectivity index (χ1n) is 8.42. The molecule has 1 unspecified atom stereocenters. The van der Waals surface area contributed by atoms with Crippen molar-refractivity contribution in [1.29, 1.82) is 0 Å². The maximum atomic E-state index is 9.79. The highest BCUT2D eigenvalue weighted by atomic mass is 16.3. The summed E-state index contributed by atoms with van der Waals surface area (Å²) in [5.41, 5.74) is 12.9. The van der Waals surface area contributed by atoms with Crippen LogP contribution >= 0.6 is 0 Å². The van der Waals surface area contributed by atoms with Gasteiger partial charge in [-0.1, -0.05) is 24.3 Å². The lowest BCUT2D eigenvalue weighted by Gasteiger charge is -2.21. The van der Waals surface area contributed by atoms with E-state index < -0.39 is 0 Å². The number of anilines is 2. The average Bonchev–Trinajstić information content (AvgIpc) is 2.97. The third kappa shape index (κ3) is 2.05. The zero-order valence-electron chi connectivity index (χ0n) is 14.1. The minimum atomic E-state index is -0.0878. The number of nitrogens with one attached hydrogen (secondary N) is 1. The predicted octanol–water partition coefficient (Wildman–Crippen LogP) is 3.51. The number of benzene rings is 2. The maximum absolute atomic E-state index is 9.79. The van der Waals surface area contributed by atoms with Crippen LogP contribution in [0.1, 0.15) is 22.7 Å². The van der Waals surface area contributed by atoms with Crippen molar-refractivity contribution >= 4 is 17.2 Å². The van der Waals surface area contributed by atoms with Crippen LogP contribution in [0.5, 0.6) is 5.75 Å². The number of aromatic hydroxyl groups is 1. The van der Waals surface area contributed by atoms with Crippen molar-refractivity contribution in [3.63, 3.8) is 0 Å². The fourth-order valence-corrected chi connectivity index (χ4v) is 3.76. The van der Waals surface area contributed by atoms with Crippen LogP contribution in [0.15, 0.2) is 54.7 Å². The van der Waals surface area contributed by atoms with E-state index in [-0.39, 0.29) is 17.7 Å². The van der Waals surface area contributed by atoms with E-state index in [9.17, 15) is 5.11 Å². The molecule has 1 aliphatic rings. The van der Waals surface area contributed by atoms with Gasteiger partial charge in [-0.3, -0.25) is 0 Å². The van der Waals surface area contributed by atoms with Crippen LogP contribution in [0, 0.1) is 6.92 Å². The quantitative estimate of drug-likeness (QED) is 0.492. The largest absolute Gasteiger partial charge is 0.508 e. The van der Waals surface area contributed by atoms with E-state index in [0.29, 0.717) is 0 Å². The van der Waals surface area contributed by atoms with Gasteiger partial charge in [0.05, 0.1) is 11.6 Å². The molecule has 0 radical (unpaired) electrons. The average molecular weight is 343 g/mol. The van der Waals surface area contributed by atoms with Crippen LogP contribution in [0.25, 0.3) is 16.8 Å². The number of phenolic OH excluding ortho intramolecular Hbond substituents is 1. The number of nitrogen functional groups attached to an aromatic ring is 1. The highest BCUT2D eigenvalue weighted by Crippen LogP contribution is 2.42. The van der Waals surface area contributed by atoms with Gasteiger partial charge < -0.3 is 16.2 Å². The highest BCUT2D eigenvalue weighted by molar-refractivity contribution is 5.90. The molecule has 2 aromatic heterocycles. The van der Waals surface area contributed by atoms with Crippen LogP contribution in [-0.4, -0.2) is 19.7 Å². The molecular weight excluding hydrogens is 326 g/mol. The first kappa shape index (κ1) is 14.8. The van der Waals surface area contributed by atoms with E-state index in [4.69, 9.17) is 5.73 Å². The minimum absolute atomic E-state index is 0.0878. The summed E-state index contributed by atoms with van der Waals surface area (Å²) in [6.07, 6.45) is 1.91. The normalized spacial score (nSPS) is 15.3. The number of fused-ring (bicyclic) bond motifs is 2. The third-order valence-electron chi connectivity index (χ3n) is 4.92. The summed E-state index contributed by atoms with van der Waals surface area (Å²) in [6.45, 7) is 2.00. The molecule has 6 heteroatoms. The van der Waals surface area contributed by atoms with E-state index in [1.54, 1.807) is 16.6 Å². The Morgan fingerprint density at radius 2 is 1.96 bits per heavy atom.